The molecule has 1 fully saturated rings. The molecule has 0 unspecified atom stereocenters. The molecule has 0 saturated carbocycles. The number of nitrogens with zero attached hydrogens (tertiary/aromatic N) is 3. The third-order valence-corrected chi connectivity index (χ3v) is 5.88. The van der Waals surface area contributed by atoms with Crippen LogP contribution < -0.4 is 4.90 Å². The summed E-state index contributed by atoms with van der Waals surface area (Å²) in [5.41, 5.74) is 3.71. The zero-order valence-electron chi connectivity index (χ0n) is 16.4. The molecular weight excluding hydrogens is 364 g/mol. The molecular formula is C19H27N4O3S+. The lowest BCUT2D eigenvalue weighted by atomic mass is 10.1. The lowest BCUT2D eigenvalue weighted by molar-refractivity contribution is -0.895. The number of aryl methyl sites for hydroxylation is 2. The lowest BCUT2D eigenvalue weighted by Gasteiger charge is -2.31. The molecule has 0 aliphatic carbocycles. The summed E-state index contributed by atoms with van der Waals surface area (Å²) in [6.45, 7) is 11.4. The van der Waals surface area contributed by atoms with E-state index in [1.807, 2.05) is 39.1 Å². The summed E-state index contributed by atoms with van der Waals surface area (Å²) in [4.78, 5) is 32.2. The van der Waals surface area contributed by atoms with Gasteiger partial charge in [0, 0.05) is 22.3 Å². The molecule has 27 heavy (non-hydrogen) atoms. The summed E-state index contributed by atoms with van der Waals surface area (Å²) in [6.07, 6.45) is -0.259. The molecule has 1 aliphatic heterocycles. The number of carbonyl (C=O) groups is 2. The van der Waals surface area contributed by atoms with Crippen LogP contribution in [0.4, 0.5) is 4.79 Å². The Balaban J connectivity index is 1.65. The van der Waals surface area contributed by atoms with E-state index in [1.165, 1.54) is 4.90 Å². The fourth-order valence-corrected chi connectivity index (χ4v) is 4.41. The highest BCUT2D eigenvalue weighted by Crippen LogP contribution is 2.23. The van der Waals surface area contributed by atoms with Crippen molar-refractivity contribution in [1.82, 2.24) is 14.5 Å². The number of piperazine rings is 1. The summed E-state index contributed by atoms with van der Waals surface area (Å²) in [7, 11) is 0. The molecule has 3 heterocycles. The van der Waals surface area contributed by atoms with Gasteiger partial charge in [0.1, 0.15) is 6.54 Å². The summed E-state index contributed by atoms with van der Waals surface area (Å²) >= 11 is 1.58. The van der Waals surface area contributed by atoms with Crippen molar-refractivity contribution in [2.75, 3.05) is 39.3 Å². The number of hydrogen-bond donors (Lipinski definition) is 1. The molecule has 8 heteroatoms. The summed E-state index contributed by atoms with van der Waals surface area (Å²) in [6, 6.07) is 1.96. The molecule has 1 saturated heterocycles. The van der Waals surface area contributed by atoms with E-state index in [9.17, 15) is 9.59 Å². The summed E-state index contributed by atoms with van der Waals surface area (Å²) < 4.78 is 7.10. The Labute approximate surface area is 163 Å². The normalized spacial score (nSPS) is 15.2. The van der Waals surface area contributed by atoms with E-state index in [4.69, 9.17) is 4.74 Å². The van der Waals surface area contributed by atoms with Crippen molar-refractivity contribution in [2.45, 2.75) is 27.7 Å². The van der Waals surface area contributed by atoms with E-state index >= 15 is 0 Å². The van der Waals surface area contributed by atoms with Crippen molar-refractivity contribution in [2.24, 2.45) is 0 Å². The minimum atomic E-state index is -0.259. The maximum Gasteiger partial charge on any atom is 0.410 e. The summed E-state index contributed by atoms with van der Waals surface area (Å²) in [5, 5.41) is 2.92. The standard InChI is InChI=1S/C19H26N4O3S/c1-5-26-19(25)22-8-6-21(7-9-22)11-17(24)16-10-14(3)23(15(16)4)18-20-13(2)12-27-18/h10,12H,5-9,11H2,1-4H3/p+1. The highest BCUT2D eigenvalue weighted by atomic mass is 32.1. The van der Waals surface area contributed by atoms with Gasteiger partial charge in [-0.05, 0) is 33.8 Å². The Kier molecular flexibility index (Phi) is 5.96. The van der Waals surface area contributed by atoms with Gasteiger partial charge in [-0.2, -0.15) is 0 Å². The van der Waals surface area contributed by atoms with Crippen LogP contribution >= 0.6 is 11.3 Å². The predicted octanol–water partition coefficient (Wildman–Crippen LogP) is 1.40. The van der Waals surface area contributed by atoms with Crippen molar-refractivity contribution in [3.63, 3.8) is 0 Å². The van der Waals surface area contributed by atoms with Crippen LogP contribution in [0.25, 0.3) is 5.13 Å². The van der Waals surface area contributed by atoms with Gasteiger partial charge in [0.05, 0.1) is 38.5 Å². The van der Waals surface area contributed by atoms with Gasteiger partial charge in [0.25, 0.3) is 0 Å². The number of quaternary nitrogens is 1. The average molecular weight is 392 g/mol. The highest BCUT2D eigenvalue weighted by Gasteiger charge is 2.27. The maximum absolute atomic E-state index is 12.9. The first-order chi connectivity index (χ1) is 12.9. The Bertz CT molecular complexity index is 834. The zero-order chi connectivity index (χ0) is 19.6. The number of nitrogens with one attached hydrogen (secondary N) is 1. The monoisotopic (exact) mass is 391 g/mol. The maximum atomic E-state index is 12.9. The van der Waals surface area contributed by atoms with Crippen molar-refractivity contribution in [1.29, 1.82) is 0 Å². The van der Waals surface area contributed by atoms with E-state index in [0.717, 1.165) is 40.9 Å². The zero-order valence-corrected chi connectivity index (χ0v) is 17.2. The highest BCUT2D eigenvalue weighted by molar-refractivity contribution is 7.12. The van der Waals surface area contributed by atoms with E-state index in [2.05, 4.69) is 9.55 Å². The van der Waals surface area contributed by atoms with Gasteiger partial charge >= 0.3 is 6.09 Å². The van der Waals surface area contributed by atoms with Gasteiger partial charge in [-0.1, -0.05) is 0 Å². The predicted molar refractivity (Wildman–Crippen MR) is 104 cm³/mol. The average Bonchev–Trinajstić information content (AvgIpc) is 3.18. The number of Topliss-reactive ketones (excluding diaryl/α,β-unsaturated/α-hetero) is 1. The fraction of sp³-hybridized carbons (Fsp3) is 0.526. The Hall–Kier alpha value is -2.19. The summed E-state index contributed by atoms with van der Waals surface area (Å²) in [5.74, 6) is 0.141. The minimum absolute atomic E-state index is 0.141. The Morgan fingerprint density at radius 2 is 1.96 bits per heavy atom. The van der Waals surface area contributed by atoms with Gasteiger partial charge in [-0.15, -0.1) is 11.3 Å². The quantitative estimate of drug-likeness (QED) is 0.783. The molecule has 7 nitrogen and oxygen atoms in total. The van der Waals surface area contributed by atoms with Gasteiger partial charge in [-0.3, -0.25) is 14.3 Å². The third kappa shape index (κ3) is 4.22. The van der Waals surface area contributed by atoms with Gasteiger partial charge in [-0.25, -0.2) is 9.78 Å². The molecule has 0 radical (unpaired) electrons. The minimum Gasteiger partial charge on any atom is -0.450 e. The largest absolute Gasteiger partial charge is 0.450 e. The van der Waals surface area contributed by atoms with E-state index in [1.54, 1.807) is 16.2 Å². The Morgan fingerprint density at radius 3 is 2.56 bits per heavy atom. The van der Waals surface area contributed by atoms with Crippen LogP contribution in [-0.4, -0.2) is 65.7 Å². The van der Waals surface area contributed by atoms with Crippen molar-refractivity contribution in [3.8, 4) is 5.13 Å². The molecule has 0 aromatic carbocycles. The second kappa shape index (κ2) is 8.22. The molecule has 146 valence electrons. The van der Waals surface area contributed by atoms with Crippen LogP contribution in [0.1, 0.15) is 34.4 Å². The lowest BCUT2D eigenvalue weighted by Crippen LogP contribution is -3.15. The smallest absolute Gasteiger partial charge is 0.410 e. The van der Waals surface area contributed by atoms with E-state index < -0.39 is 0 Å². The fourth-order valence-electron chi connectivity index (χ4n) is 3.50. The van der Waals surface area contributed by atoms with Crippen molar-refractivity contribution >= 4 is 23.2 Å². The first-order valence-corrected chi connectivity index (χ1v) is 10.2. The van der Waals surface area contributed by atoms with Crippen LogP contribution in [0.2, 0.25) is 0 Å². The van der Waals surface area contributed by atoms with Gasteiger partial charge in [0.15, 0.2) is 5.13 Å². The number of aromatic nitrogens is 2. The third-order valence-electron chi connectivity index (χ3n) is 4.94. The van der Waals surface area contributed by atoms with Crippen LogP contribution in [-0.2, 0) is 4.74 Å². The number of thiazole rings is 1. The SMILES string of the molecule is CCOC(=O)N1CC[NH+](CC(=O)c2cc(C)n(-c3nc(C)cs3)c2C)CC1. The van der Waals surface area contributed by atoms with Gasteiger partial charge in [0.2, 0.25) is 5.78 Å². The molecule has 0 atom stereocenters. The van der Waals surface area contributed by atoms with Crippen molar-refractivity contribution in [3.05, 3.63) is 34.1 Å². The molecule has 2 aromatic rings. The molecule has 2 aromatic heterocycles. The van der Waals surface area contributed by atoms with Crippen molar-refractivity contribution < 1.29 is 19.2 Å². The van der Waals surface area contributed by atoms with Crippen LogP contribution in [0.15, 0.2) is 11.4 Å². The molecule has 1 amide bonds. The Morgan fingerprint density at radius 1 is 1.26 bits per heavy atom. The number of carbonyl (C=O) groups excluding carboxylic acids is 2. The molecule has 1 N–H and O–H groups in total. The molecule has 1 aliphatic rings. The number of rotatable bonds is 5. The van der Waals surface area contributed by atoms with E-state index in [0.29, 0.717) is 26.2 Å². The van der Waals surface area contributed by atoms with E-state index in [-0.39, 0.29) is 11.9 Å². The number of ether oxygens (including phenoxy) is 1. The topological polar surface area (TPSA) is 68.9 Å². The molecule has 3 rings (SSSR count). The van der Waals surface area contributed by atoms with Crippen LogP contribution in [0.3, 0.4) is 0 Å². The van der Waals surface area contributed by atoms with Crippen LogP contribution in [0, 0.1) is 20.8 Å². The van der Waals surface area contributed by atoms with Crippen LogP contribution in [0.5, 0.6) is 0 Å². The molecule has 0 bridgehead atoms. The number of ketones is 1. The first-order valence-electron chi connectivity index (χ1n) is 9.30. The first kappa shape index (κ1) is 19.6. The number of amides is 1. The number of hydrogen-bond acceptors (Lipinski definition) is 5. The molecule has 0 spiro atoms. The van der Waals surface area contributed by atoms with Gasteiger partial charge < -0.3 is 9.64 Å². The second-order valence-electron chi connectivity index (χ2n) is 6.93. The second-order valence-corrected chi connectivity index (χ2v) is 7.76.